The zero-order valence-corrected chi connectivity index (χ0v) is 23.2. The van der Waals surface area contributed by atoms with Crippen molar-refractivity contribution in [2.24, 2.45) is 10.8 Å². The predicted octanol–water partition coefficient (Wildman–Crippen LogP) is 5.42. The molecule has 0 bridgehead atoms. The van der Waals surface area contributed by atoms with Gasteiger partial charge in [-0.3, -0.25) is 24.0 Å². The van der Waals surface area contributed by atoms with E-state index in [-0.39, 0.29) is 35.2 Å². The molecule has 0 fully saturated rings. The standard InChI is InChI=1S/C31H42O7/c1-30(2,20-32)14-7-5-10-21-16-25(33)18-23(27(21)35)12-9-13-24-19-26(34)17-22(28(24)36)11-6-8-15-31(3,4)29(37)38/h16-19,32H,5-15,20H2,1-4H3,(H,37,38). The Labute approximate surface area is 225 Å². The van der Waals surface area contributed by atoms with Crippen molar-refractivity contribution in [1.29, 1.82) is 0 Å². The third kappa shape index (κ3) is 9.43. The Morgan fingerprint density at radius 2 is 1.00 bits per heavy atom. The molecule has 208 valence electrons. The van der Waals surface area contributed by atoms with Crippen LogP contribution in [0.4, 0.5) is 0 Å². The molecule has 0 amide bonds. The van der Waals surface area contributed by atoms with Crippen LogP contribution in [0.3, 0.4) is 0 Å². The fraction of sp³-hybridized carbons (Fsp3) is 0.581. The summed E-state index contributed by atoms with van der Waals surface area (Å²) in [4.78, 5) is 61.5. The van der Waals surface area contributed by atoms with Crippen molar-refractivity contribution in [3.63, 3.8) is 0 Å². The van der Waals surface area contributed by atoms with Gasteiger partial charge in [0.1, 0.15) is 0 Å². The second-order valence-electron chi connectivity index (χ2n) is 11.9. The summed E-state index contributed by atoms with van der Waals surface area (Å²) in [6, 6.07) is 0. The van der Waals surface area contributed by atoms with Gasteiger partial charge in [0.15, 0.2) is 23.1 Å². The molecule has 0 aromatic heterocycles. The molecule has 0 aliphatic heterocycles. The van der Waals surface area contributed by atoms with E-state index in [1.807, 2.05) is 13.8 Å². The van der Waals surface area contributed by atoms with Crippen molar-refractivity contribution in [3.8, 4) is 0 Å². The highest BCUT2D eigenvalue weighted by atomic mass is 16.4. The molecular formula is C31H42O7. The number of aliphatic carboxylic acids is 1. The number of Topliss-reactive ketones (excluding diaryl/α,β-unsaturated/α-hetero) is 2. The number of ketones is 4. The third-order valence-corrected chi connectivity index (χ3v) is 7.38. The van der Waals surface area contributed by atoms with E-state index in [1.165, 1.54) is 24.3 Å². The second kappa shape index (κ2) is 13.7. The first-order valence-corrected chi connectivity index (χ1v) is 13.6. The minimum atomic E-state index is -0.858. The van der Waals surface area contributed by atoms with Crippen LogP contribution >= 0.6 is 0 Å². The van der Waals surface area contributed by atoms with Gasteiger partial charge in [-0.05, 0) is 101 Å². The molecule has 2 aliphatic carbocycles. The van der Waals surface area contributed by atoms with Crippen LogP contribution in [0.15, 0.2) is 46.6 Å². The van der Waals surface area contributed by atoms with Gasteiger partial charge in [0.05, 0.1) is 5.41 Å². The SMILES string of the molecule is CC(C)(CO)CCCCC1=CC(=O)C=C(CCCC2=CC(=O)C=C(CCCCC(C)(C)C(=O)O)C2=O)C1=O. The van der Waals surface area contributed by atoms with Crippen LogP contribution in [0.2, 0.25) is 0 Å². The first-order chi connectivity index (χ1) is 17.8. The van der Waals surface area contributed by atoms with Gasteiger partial charge in [-0.25, -0.2) is 0 Å². The molecule has 0 aromatic rings. The van der Waals surface area contributed by atoms with E-state index >= 15 is 0 Å². The summed E-state index contributed by atoms with van der Waals surface area (Å²) in [7, 11) is 0. The third-order valence-electron chi connectivity index (χ3n) is 7.38. The summed E-state index contributed by atoms with van der Waals surface area (Å²) in [5.74, 6) is -1.60. The molecule has 7 heteroatoms. The monoisotopic (exact) mass is 526 g/mol. The van der Waals surface area contributed by atoms with Crippen molar-refractivity contribution in [2.45, 2.75) is 98.3 Å². The van der Waals surface area contributed by atoms with Gasteiger partial charge in [0, 0.05) is 28.9 Å². The van der Waals surface area contributed by atoms with E-state index in [0.717, 1.165) is 19.3 Å². The maximum absolute atomic E-state index is 12.9. The smallest absolute Gasteiger partial charge is 0.309 e. The normalized spacial score (nSPS) is 16.8. The average molecular weight is 527 g/mol. The summed E-state index contributed by atoms with van der Waals surface area (Å²) in [5, 5.41) is 18.6. The summed E-state index contributed by atoms with van der Waals surface area (Å²) < 4.78 is 0. The van der Waals surface area contributed by atoms with E-state index in [1.54, 1.807) is 13.8 Å². The predicted molar refractivity (Wildman–Crippen MR) is 145 cm³/mol. The Bertz CT molecular complexity index is 1080. The van der Waals surface area contributed by atoms with Crippen LogP contribution in [-0.2, 0) is 24.0 Å². The first-order valence-electron chi connectivity index (χ1n) is 13.6. The van der Waals surface area contributed by atoms with Gasteiger partial charge >= 0.3 is 5.97 Å². The van der Waals surface area contributed by atoms with Crippen LogP contribution in [0.25, 0.3) is 0 Å². The largest absolute Gasteiger partial charge is 0.481 e. The number of rotatable bonds is 16. The Morgan fingerprint density at radius 1 is 0.632 bits per heavy atom. The number of allylic oxidation sites excluding steroid dienone is 8. The lowest BCUT2D eigenvalue weighted by Gasteiger charge is -2.21. The molecule has 0 unspecified atom stereocenters. The summed E-state index contributed by atoms with van der Waals surface area (Å²) in [6.45, 7) is 7.43. The van der Waals surface area contributed by atoms with Gasteiger partial charge < -0.3 is 10.2 Å². The molecule has 2 aliphatic rings. The molecular weight excluding hydrogens is 484 g/mol. The summed E-state index contributed by atoms with van der Waals surface area (Å²) in [5.41, 5.74) is 0.813. The minimum absolute atomic E-state index is 0.104. The average Bonchev–Trinajstić information content (AvgIpc) is 2.84. The quantitative estimate of drug-likeness (QED) is 0.203. The van der Waals surface area contributed by atoms with Gasteiger partial charge in [-0.1, -0.05) is 26.7 Å². The molecule has 0 spiro atoms. The van der Waals surface area contributed by atoms with Crippen molar-refractivity contribution < 1.29 is 34.2 Å². The lowest BCUT2D eigenvalue weighted by molar-refractivity contribution is -0.147. The van der Waals surface area contributed by atoms with Gasteiger partial charge in [0.25, 0.3) is 0 Å². The molecule has 2 N–H and O–H groups in total. The summed E-state index contributed by atoms with van der Waals surface area (Å²) in [6.07, 6.45) is 11.7. The number of unbranched alkanes of at least 4 members (excludes halogenated alkanes) is 2. The highest BCUT2D eigenvalue weighted by Gasteiger charge is 2.27. The topological polar surface area (TPSA) is 126 Å². The lowest BCUT2D eigenvalue weighted by atomic mass is 9.84. The number of aliphatic hydroxyl groups excluding tert-OH is 1. The van der Waals surface area contributed by atoms with Gasteiger partial charge in [-0.15, -0.1) is 0 Å². The van der Waals surface area contributed by atoms with Crippen molar-refractivity contribution in [3.05, 3.63) is 46.6 Å². The maximum atomic E-state index is 12.9. The van der Waals surface area contributed by atoms with Crippen LogP contribution < -0.4 is 0 Å². The molecule has 2 rings (SSSR count). The van der Waals surface area contributed by atoms with E-state index in [2.05, 4.69) is 0 Å². The molecule has 0 atom stereocenters. The molecule has 0 heterocycles. The number of carboxylic acids is 1. The van der Waals surface area contributed by atoms with Crippen LogP contribution in [0, 0.1) is 10.8 Å². The Kier molecular flexibility index (Phi) is 11.3. The van der Waals surface area contributed by atoms with Crippen LogP contribution in [0.5, 0.6) is 0 Å². The van der Waals surface area contributed by atoms with E-state index in [9.17, 15) is 34.2 Å². The second-order valence-corrected chi connectivity index (χ2v) is 11.9. The number of aliphatic hydroxyl groups is 1. The van der Waals surface area contributed by atoms with Crippen molar-refractivity contribution in [2.75, 3.05) is 6.61 Å². The highest BCUT2D eigenvalue weighted by Crippen LogP contribution is 2.29. The van der Waals surface area contributed by atoms with Crippen molar-refractivity contribution in [1.82, 2.24) is 0 Å². The highest BCUT2D eigenvalue weighted by molar-refractivity contribution is 6.21. The molecule has 0 saturated carbocycles. The number of hydrogen-bond acceptors (Lipinski definition) is 6. The number of carbonyl (C=O) groups is 5. The van der Waals surface area contributed by atoms with Gasteiger partial charge in [-0.2, -0.15) is 0 Å². The van der Waals surface area contributed by atoms with E-state index < -0.39 is 11.4 Å². The minimum Gasteiger partial charge on any atom is -0.481 e. The Hall–Kier alpha value is -2.93. The molecule has 0 saturated heterocycles. The maximum Gasteiger partial charge on any atom is 0.309 e. The summed E-state index contributed by atoms with van der Waals surface area (Å²) >= 11 is 0. The van der Waals surface area contributed by atoms with E-state index in [0.29, 0.717) is 73.7 Å². The number of carboxylic acid groups (broad SMARTS) is 1. The first kappa shape index (κ1) is 31.3. The molecule has 7 nitrogen and oxygen atoms in total. The van der Waals surface area contributed by atoms with Crippen LogP contribution in [0.1, 0.15) is 98.3 Å². The lowest BCUT2D eigenvalue weighted by Crippen LogP contribution is -2.23. The Morgan fingerprint density at radius 3 is 1.37 bits per heavy atom. The van der Waals surface area contributed by atoms with E-state index in [4.69, 9.17) is 0 Å². The number of hydrogen-bond donors (Lipinski definition) is 2. The number of carbonyl (C=O) groups excluding carboxylic acids is 4. The zero-order valence-electron chi connectivity index (χ0n) is 23.2. The molecule has 0 radical (unpaired) electrons. The fourth-order valence-electron chi connectivity index (χ4n) is 4.64. The molecule has 38 heavy (non-hydrogen) atoms. The van der Waals surface area contributed by atoms with Crippen molar-refractivity contribution >= 4 is 29.1 Å². The van der Waals surface area contributed by atoms with Gasteiger partial charge in [0.2, 0.25) is 0 Å². The zero-order chi connectivity index (χ0) is 28.5. The van der Waals surface area contributed by atoms with Crippen LogP contribution in [-0.4, -0.2) is 45.9 Å². The fourth-order valence-corrected chi connectivity index (χ4v) is 4.64. The Balaban J connectivity index is 1.84. The molecule has 0 aromatic carbocycles.